The van der Waals surface area contributed by atoms with E-state index in [1.54, 1.807) is 35.6 Å². The molecule has 0 spiro atoms. The lowest BCUT2D eigenvalue weighted by atomic mass is 10.3. The molecule has 0 unspecified atom stereocenters. The van der Waals surface area contributed by atoms with Crippen LogP contribution in [0, 0.1) is 0 Å². The minimum absolute atomic E-state index is 0.186. The first-order chi connectivity index (χ1) is 12.1. The van der Waals surface area contributed by atoms with Gasteiger partial charge in [0.1, 0.15) is 5.75 Å². The SMILES string of the molecule is COc1ccc(NC(=O)NC(=O)COC(=O)CCc2cccs2)cc1. The van der Waals surface area contributed by atoms with Crippen molar-refractivity contribution in [3.63, 3.8) is 0 Å². The molecule has 0 aliphatic carbocycles. The predicted molar refractivity (Wildman–Crippen MR) is 93.8 cm³/mol. The summed E-state index contributed by atoms with van der Waals surface area (Å²) >= 11 is 1.55. The van der Waals surface area contributed by atoms with Crippen molar-refractivity contribution in [2.45, 2.75) is 12.8 Å². The Kier molecular flexibility index (Phi) is 6.97. The molecule has 2 N–H and O–H groups in total. The zero-order valence-electron chi connectivity index (χ0n) is 13.6. The molecule has 1 aromatic heterocycles. The van der Waals surface area contributed by atoms with Crippen LogP contribution in [-0.2, 0) is 20.7 Å². The molecule has 7 nitrogen and oxygen atoms in total. The summed E-state index contributed by atoms with van der Waals surface area (Å²) in [7, 11) is 1.54. The maximum atomic E-state index is 11.7. The summed E-state index contributed by atoms with van der Waals surface area (Å²) in [4.78, 5) is 35.9. The van der Waals surface area contributed by atoms with Crippen molar-refractivity contribution in [3.8, 4) is 5.75 Å². The van der Waals surface area contributed by atoms with Crippen LogP contribution < -0.4 is 15.4 Å². The van der Waals surface area contributed by atoms with Gasteiger partial charge in [0, 0.05) is 10.6 Å². The van der Waals surface area contributed by atoms with Gasteiger partial charge in [0.25, 0.3) is 5.91 Å². The molecule has 2 aromatic rings. The third kappa shape index (κ3) is 6.64. The molecule has 3 amide bonds. The number of rotatable bonds is 7. The lowest BCUT2D eigenvalue weighted by molar-refractivity contribution is -0.148. The molecule has 0 aliphatic heterocycles. The number of amides is 3. The summed E-state index contributed by atoms with van der Waals surface area (Å²) in [5.41, 5.74) is 0.499. The van der Waals surface area contributed by atoms with Crippen LogP contribution in [0.3, 0.4) is 0 Å². The number of methoxy groups -OCH3 is 1. The molecule has 0 bridgehead atoms. The summed E-state index contributed by atoms with van der Waals surface area (Å²) in [5, 5.41) is 6.50. The lowest BCUT2D eigenvalue weighted by Gasteiger charge is -2.08. The highest BCUT2D eigenvalue weighted by atomic mass is 32.1. The molecule has 132 valence electrons. The van der Waals surface area contributed by atoms with E-state index in [-0.39, 0.29) is 6.42 Å². The summed E-state index contributed by atoms with van der Waals surface area (Å²) in [6, 6.07) is 9.74. The first kappa shape index (κ1) is 18.5. The Morgan fingerprint density at radius 3 is 2.52 bits per heavy atom. The standard InChI is InChI=1S/C17H18N2O5S/c1-23-13-6-4-12(5-7-13)18-17(22)19-15(20)11-24-16(21)9-8-14-3-2-10-25-14/h2-7,10H,8-9,11H2,1H3,(H2,18,19,20,22). The van der Waals surface area contributed by atoms with Crippen LogP contribution in [0.4, 0.5) is 10.5 Å². The number of hydrogen-bond acceptors (Lipinski definition) is 6. The molecule has 0 saturated heterocycles. The molecular weight excluding hydrogens is 344 g/mol. The smallest absolute Gasteiger partial charge is 0.325 e. The second-order valence-corrected chi connectivity index (χ2v) is 6.00. The fourth-order valence-electron chi connectivity index (χ4n) is 1.90. The molecule has 1 aromatic carbocycles. The summed E-state index contributed by atoms with van der Waals surface area (Å²) in [6.45, 7) is -0.501. The van der Waals surface area contributed by atoms with Crippen molar-refractivity contribution >= 4 is 34.9 Å². The Morgan fingerprint density at radius 2 is 1.88 bits per heavy atom. The van der Waals surface area contributed by atoms with E-state index in [1.165, 1.54) is 7.11 Å². The van der Waals surface area contributed by atoms with E-state index < -0.39 is 24.5 Å². The van der Waals surface area contributed by atoms with Gasteiger partial charge in [-0.05, 0) is 42.1 Å². The molecule has 0 aliphatic rings. The largest absolute Gasteiger partial charge is 0.497 e. The molecule has 0 saturated carbocycles. The fraction of sp³-hybridized carbons (Fsp3) is 0.235. The molecule has 8 heteroatoms. The highest BCUT2D eigenvalue weighted by molar-refractivity contribution is 7.09. The van der Waals surface area contributed by atoms with Gasteiger partial charge in [-0.1, -0.05) is 6.07 Å². The maximum absolute atomic E-state index is 11.7. The maximum Gasteiger partial charge on any atom is 0.325 e. The Morgan fingerprint density at radius 1 is 1.12 bits per heavy atom. The van der Waals surface area contributed by atoms with Crippen molar-refractivity contribution in [2.24, 2.45) is 0 Å². The van der Waals surface area contributed by atoms with Gasteiger partial charge >= 0.3 is 12.0 Å². The fourth-order valence-corrected chi connectivity index (χ4v) is 2.61. The van der Waals surface area contributed by atoms with Crippen LogP contribution in [0.2, 0.25) is 0 Å². The first-order valence-corrected chi connectivity index (χ1v) is 8.37. The van der Waals surface area contributed by atoms with E-state index in [1.807, 2.05) is 17.5 Å². The van der Waals surface area contributed by atoms with E-state index in [0.29, 0.717) is 17.9 Å². The van der Waals surface area contributed by atoms with E-state index in [2.05, 4.69) is 10.6 Å². The number of hydrogen-bond donors (Lipinski definition) is 2. The number of ether oxygens (including phenoxy) is 2. The van der Waals surface area contributed by atoms with Gasteiger partial charge < -0.3 is 14.8 Å². The lowest BCUT2D eigenvalue weighted by Crippen LogP contribution is -2.37. The molecule has 25 heavy (non-hydrogen) atoms. The van der Waals surface area contributed by atoms with Gasteiger partial charge in [-0.3, -0.25) is 14.9 Å². The number of esters is 1. The number of nitrogens with one attached hydrogen (secondary N) is 2. The second kappa shape index (κ2) is 9.43. The van der Waals surface area contributed by atoms with Crippen LogP contribution in [0.5, 0.6) is 5.75 Å². The summed E-state index contributed by atoms with van der Waals surface area (Å²) in [5.74, 6) is -0.536. The molecule has 0 atom stereocenters. The first-order valence-electron chi connectivity index (χ1n) is 7.49. The van der Waals surface area contributed by atoms with Gasteiger partial charge in [0.05, 0.1) is 13.5 Å². The number of benzene rings is 1. The van der Waals surface area contributed by atoms with Gasteiger partial charge in [0.15, 0.2) is 6.61 Å². The Balaban J connectivity index is 1.66. The molecule has 0 radical (unpaired) electrons. The van der Waals surface area contributed by atoms with Crippen molar-refractivity contribution in [1.29, 1.82) is 0 Å². The third-order valence-electron chi connectivity index (χ3n) is 3.12. The van der Waals surface area contributed by atoms with Crippen molar-refractivity contribution < 1.29 is 23.9 Å². The summed E-state index contributed by atoms with van der Waals surface area (Å²) in [6.07, 6.45) is 0.752. The van der Waals surface area contributed by atoms with Crippen molar-refractivity contribution in [1.82, 2.24) is 5.32 Å². The Labute approximate surface area is 148 Å². The number of carbonyl (C=O) groups excluding carboxylic acids is 3. The highest BCUT2D eigenvalue weighted by Crippen LogP contribution is 2.14. The average Bonchev–Trinajstić information content (AvgIpc) is 3.12. The van der Waals surface area contributed by atoms with Crippen molar-refractivity contribution in [2.75, 3.05) is 19.0 Å². The molecular formula is C17H18N2O5S. The van der Waals surface area contributed by atoms with Crippen molar-refractivity contribution in [3.05, 3.63) is 46.7 Å². The number of imide groups is 1. The topological polar surface area (TPSA) is 93.7 Å². The van der Waals surface area contributed by atoms with E-state index in [0.717, 1.165) is 4.88 Å². The van der Waals surface area contributed by atoms with Crippen LogP contribution in [-0.4, -0.2) is 31.6 Å². The van der Waals surface area contributed by atoms with E-state index in [4.69, 9.17) is 9.47 Å². The Hall–Kier alpha value is -2.87. The van der Waals surface area contributed by atoms with E-state index in [9.17, 15) is 14.4 Å². The monoisotopic (exact) mass is 362 g/mol. The Bertz CT molecular complexity index is 713. The molecule has 0 fully saturated rings. The normalized spacial score (nSPS) is 9.96. The second-order valence-electron chi connectivity index (χ2n) is 4.97. The van der Waals surface area contributed by atoms with Gasteiger partial charge in [-0.25, -0.2) is 4.79 Å². The van der Waals surface area contributed by atoms with Gasteiger partial charge in [-0.2, -0.15) is 0 Å². The van der Waals surface area contributed by atoms with Gasteiger partial charge in [0.2, 0.25) is 0 Å². The van der Waals surface area contributed by atoms with E-state index >= 15 is 0 Å². The van der Waals surface area contributed by atoms with Crippen LogP contribution in [0.15, 0.2) is 41.8 Å². The average molecular weight is 362 g/mol. The zero-order valence-corrected chi connectivity index (χ0v) is 14.4. The predicted octanol–water partition coefficient (Wildman–Crippen LogP) is 2.58. The minimum atomic E-state index is -0.704. The zero-order chi connectivity index (χ0) is 18.1. The number of anilines is 1. The summed E-state index contributed by atoms with van der Waals surface area (Å²) < 4.78 is 9.85. The van der Waals surface area contributed by atoms with Crippen LogP contribution in [0.25, 0.3) is 0 Å². The minimum Gasteiger partial charge on any atom is -0.497 e. The number of thiophene rings is 1. The number of urea groups is 1. The van der Waals surface area contributed by atoms with Gasteiger partial charge in [-0.15, -0.1) is 11.3 Å². The highest BCUT2D eigenvalue weighted by Gasteiger charge is 2.11. The molecule has 1 heterocycles. The quantitative estimate of drug-likeness (QED) is 0.739. The molecule has 2 rings (SSSR count). The van der Waals surface area contributed by atoms with Crippen LogP contribution in [0.1, 0.15) is 11.3 Å². The third-order valence-corrected chi connectivity index (χ3v) is 4.06. The van der Waals surface area contributed by atoms with Crippen LogP contribution >= 0.6 is 11.3 Å². The number of carbonyl (C=O) groups is 3. The number of aryl methyl sites for hydroxylation is 1.